The van der Waals surface area contributed by atoms with E-state index in [4.69, 9.17) is 5.73 Å². The molecule has 0 spiro atoms. The molecular formula is C17H25N3O. The number of amides is 1. The third-order valence-electron chi connectivity index (χ3n) is 5.00. The number of carbonyl (C=O) groups excluding carboxylic acids is 1. The summed E-state index contributed by atoms with van der Waals surface area (Å²) in [4.78, 5) is 17.0. The van der Waals surface area contributed by atoms with Crippen molar-refractivity contribution in [1.82, 2.24) is 9.80 Å². The van der Waals surface area contributed by atoms with E-state index < -0.39 is 0 Å². The molecule has 0 radical (unpaired) electrons. The van der Waals surface area contributed by atoms with Crippen LogP contribution >= 0.6 is 0 Å². The topological polar surface area (TPSA) is 49.6 Å². The molecule has 21 heavy (non-hydrogen) atoms. The van der Waals surface area contributed by atoms with Crippen molar-refractivity contribution >= 4 is 5.91 Å². The van der Waals surface area contributed by atoms with Gasteiger partial charge in [-0.2, -0.15) is 0 Å². The van der Waals surface area contributed by atoms with Crippen LogP contribution in [0.15, 0.2) is 24.3 Å². The Labute approximate surface area is 126 Å². The van der Waals surface area contributed by atoms with Crippen LogP contribution in [0.25, 0.3) is 0 Å². The SMILES string of the molecule is CC(C(=O)N1CCC(CN)C1)N1CCc2ccccc2C1. The molecule has 0 aliphatic carbocycles. The maximum Gasteiger partial charge on any atom is 0.239 e. The Balaban J connectivity index is 1.64. The lowest BCUT2D eigenvalue weighted by Crippen LogP contribution is -2.48. The van der Waals surface area contributed by atoms with Crippen LogP contribution in [0.1, 0.15) is 24.5 Å². The third-order valence-corrected chi connectivity index (χ3v) is 5.00. The Bertz CT molecular complexity index is 517. The van der Waals surface area contributed by atoms with Crippen molar-refractivity contribution in [3.63, 3.8) is 0 Å². The van der Waals surface area contributed by atoms with Crippen molar-refractivity contribution < 1.29 is 4.79 Å². The highest BCUT2D eigenvalue weighted by Gasteiger charge is 2.32. The fraction of sp³-hybridized carbons (Fsp3) is 0.588. The van der Waals surface area contributed by atoms with Gasteiger partial charge in [0.05, 0.1) is 6.04 Å². The van der Waals surface area contributed by atoms with Gasteiger partial charge in [0.25, 0.3) is 0 Å². The number of nitrogens with zero attached hydrogens (tertiary/aromatic N) is 2. The van der Waals surface area contributed by atoms with E-state index in [0.29, 0.717) is 12.5 Å². The van der Waals surface area contributed by atoms with E-state index in [1.807, 2.05) is 11.8 Å². The Kier molecular flexibility index (Phi) is 4.27. The predicted molar refractivity (Wildman–Crippen MR) is 83.8 cm³/mol. The quantitative estimate of drug-likeness (QED) is 0.910. The highest BCUT2D eigenvalue weighted by molar-refractivity contribution is 5.81. The molecule has 1 aromatic rings. The average Bonchev–Trinajstić information content (AvgIpc) is 3.02. The second-order valence-corrected chi connectivity index (χ2v) is 6.34. The van der Waals surface area contributed by atoms with E-state index in [1.165, 1.54) is 11.1 Å². The first kappa shape index (κ1) is 14.5. The van der Waals surface area contributed by atoms with Gasteiger partial charge in [0, 0.05) is 26.2 Å². The summed E-state index contributed by atoms with van der Waals surface area (Å²) in [5.41, 5.74) is 8.51. The van der Waals surface area contributed by atoms with Crippen LogP contribution < -0.4 is 5.73 Å². The molecular weight excluding hydrogens is 262 g/mol. The standard InChI is InChI=1S/C17H25N3O/c1-13(17(21)20-8-6-14(10-18)11-20)19-9-7-15-4-2-3-5-16(15)12-19/h2-5,13-14H,6-12,18H2,1H3. The van der Waals surface area contributed by atoms with E-state index in [2.05, 4.69) is 29.2 Å². The molecule has 4 heteroatoms. The van der Waals surface area contributed by atoms with Gasteiger partial charge in [-0.15, -0.1) is 0 Å². The number of hydrogen-bond donors (Lipinski definition) is 1. The minimum atomic E-state index is -0.0325. The van der Waals surface area contributed by atoms with Gasteiger partial charge in [0.2, 0.25) is 5.91 Å². The first-order valence-corrected chi connectivity index (χ1v) is 7.98. The van der Waals surface area contributed by atoms with Crippen LogP contribution in [0.5, 0.6) is 0 Å². The number of fused-ring (bicyclic) bond motifs is 1. The smallest absolute Gasteiger partial charge is 0.239 e. The monoisotopic (exact) mass is 287 g/mol. The summed E-state index contributed by atoms with van der Waals surface area (Å²) >= 11 is 0. The minimum Gasteiger partial charge on any atom is -0.341 e. The van der Waals surface area contributed by atoms with Crippen molar-refractivity contribution in [2.24, 2.45) is 11.7 Å². The van der Waals surface area contributed by atoms with Crippen LogP contribution in [0.3, 0.4) is 0 Å². The first-order chi connectivity index (χ1) is 10.2. The molecule has 2 N–H and O–H groups in total. The molecule has 2 unspecified atom stereocenters. The molecule has 2 aliphatic heterocycles. The zero-order chi connectivity index (χ0) is 14.8. The fourth-order valence-electron chi connectivity index (χ4n) is 3.49. The van der Waals surface area contributed by atoms with E-state index in [9.17, 15) is 4.79 Å². The van der Waals surface area contributed by atoms with Gasteiger partial charge in [-0.1, -0.05) is 24.3 Å². The lowest BCUT2D eigenvalue weighted by molar-refractivity contribution is -0.135. The number of rotatable bonds is 3. The number of likely N-dealkylation sites (tertiary alicyclic amines) is 1. The van der Waals surface area contributed by atoms with Crippen molar-refractivity contribution in [3.8, 4) is 0 Å². The summed E-state index contributed by atoms with van der Waals surface area (Å²) in [5.74, 6) is 0.758. The van der Waals surface area contributed by atoms with E-state index >= 15 is 0 Å². The van der Waals surface area contributed by atoms with Crippen LogP contribution in [0, 0.1) is 5.92 Å². The molecule has 1 amide bonds. The van der Waals surface area contributed by atoms with Crippen LogP contribution in [0.2, 0.25) is 0 Å². The largest absolute Gasteiger partial charge is 0.341 e. The summed E-state index contributed by atoms with van der Waals surface area (Å²) < 4.78 is 0. The fourth-order valence-corrected chi connectivity index (χ4v) is 3.49. The van der Waals surface area contributed by atoms with Gasteiger partial charge in [-0.05, 0) is 43.4 Å². The van der Waals surface area contributed by atoms with E-state index in [1.54, 1.807) is 0 Å². The Morgan fingerprint density at radius 1 is 1.33 bits per heavy atom. The van der Waals surface area contributed by atoms with Crippen LogP contribution in [-0.4, -0.2) is 47.9 Å². The second kappa shape index (κ2) is 6.16. The molecule has 0 bridgehead atoms. The van der Waals surface area contributed by atoms with E-state index in [-0.39, 0.29) is 11.9 Å². The summed E-state index contributed by atoms with van der Waals surface area (Å²) in [6.45, 7) is 6.30. The number of hydrogen-bond acceptors (Lipinski definition) is 3. The molecule has 2 atom stereocenters. The highest BCUT2D eigenvalue weighted by Crippen LogP contribution is 2.22. The van der Waals surface area contributed by atoms with E-state index in [0.717, 1.165) is 39.0 Å². The number of benzene rings is 1. The molecule has 114 valence electrons. The lowest BCUT2D eigenvalue weighted by Gasteiger charge is -2.34. The second-order valence-electron chi connectivity index (χ2n) is 6.34. The molecule has 3 rings (SSSR count). The molecule has 0 aromatic heterocycles. The Morgan fingerprint density at radius 3 is 2.81 bits per heavy atom. The maximum atomic E-state index is 12.7. The zero-order valence-corrected chi connectivity index (χ0v) is 12.8. The molecule has 1 fully saturated rings. The normalized spacial score (nSPS) is 23.9. The molecule has 1 aromatic carbocycles. The number of nitrogens with two attached hydrogens (primary N) is 1. The lowest BCUT2D eigenvalue weighted by atomic mass is 9.98. The molecule has 1 saturated heterocycles. The van der Waals surface area contributed by atoms with Gasteiger partial charge >= 0.3 is 0 Å². The van der Waals surface area contributed by atoms with Crippen molar-refractivity contribution in [2.75, 3.05) is 26.2 Å². The summed E-state index contributed by atoms with van der Waals surface area (Å²) in [6.07, 6.45) is 2.09. The Morgan fingerprint density at radius 2 is 2.10 bits per heavy atom. The Hall–Kier alpha value is -1.39. The van der Waals surface area contributed by atoms with Gasteiger partial charge in [0.15, 0.2) is 0 Å². The predicted octanol–water partition coefficient (Wildman–Crippen LogP) is 1.24. The summed E-state index contributed by atoms with van der Waals surface area (Å²) in [6, 6.07) is 8.53. The average molecular weight is 287 g/mol. The van der Waals surface area contributed by atoms with Crippen LogP contribution in [-0.2, 0) is 17.8 Å². The minimum absolute atomic E-state index is 0.0325. The van der Waals surface area contributed by atoms with Crippen molar-refractivity contribution in [3.05, 3.63) is 35.4 Å². The molecule has 0 saturated carbocycles. The molecule has 4 nitrogen and oxygen atoms in total. The zero-order valence-electron chi connectivity index (χ0n) is 12.8. The maximum absolute atomic E-state index is 12.7. The van der Waals surface area contributed by atoms with Gasteiger partial charge in [-0.25, -0.2) is 0 Å². The summed E-state index contributed by atoms with van der Waals surface area (Å²) in [5, 5.41) is 0. The number of carbonyl (C=O) groups is 1. The molecule has 2 heterocycles. The van der Waals surface area contributed by atoms with Crippen molar-refractivity contribution in [1.29, 1.82) is 0 Å². The third kappa shape index (κ3) is 2.97. The first-order valence-electron chi connectivity index (χ1n) is 7.98. The summed E-state index contributed by atoms with van der Waals surface area (Å²) in [7, 11) is 0. The van der Waals surface area contributed by atoms with Crippen LogP contribution in [0.4, 0.5) is 0 Å². The molecule has 2 aliphatic rings. The van der Waals surface area contributed by atoms with Gasteiger partial charge < -0.3 is 10.6 Å². The van der Waals surface area contributed by atoms with Gasteiger partial charge in [-0.3, -0.25) is 9.69 Å². The highest BCUT2D eigenvalue weighted by atomic mass is 16.2. The van der Waals surface area contributed by atoms with Gasteiger partial charge in [0.1, 0.15) is 0 Å². The van der Waals surface area contributed by atoms with Crippen molar-refractivity contribution in [2.45, 2.75) is 32.4 Å².